The van der Waals surface area contributed by atoms with Crippen LogP contribution in [-0.2, 0) is 6.42 Å². The largest absolute Gasteiger partial charge is 0.497 e. The zero-order valence-corrected chi connectivity index (χ0v) is 17.7. The fraction of sp³-hybridized carbons (Fsp3) is 0.304. The van der Waals surface area contributed by atoms with Crippen molar-refractivity contribution < 1.29 is 9.53 Å². The van der Waals surface area contributed by atoms with Gasteiger partial charge < -0.3 is 10.1 Å². The van der Waals surface area contributed by atoms with Gasteiger partial charge in [-0.2, -0.15) is 10.2 Å². The minimum atomic E-state index is -0.212. The molecule has 0 aliphatic heterocycles. The number of nitrogens with one attached hydrogen (secondary N) is 1. The lowest BCUT2D eigenvalue weighted by atomic mass is 9.74. The van der Waals surface area contributed by atoms with Crippen LogP contribution in [0.4, 0.5) is 0 Å². The number of amides is 1. The molecule has 0 radical (unpaired) electrons. The van der Waals surface area contributed by atoms with Crippen LogP contribution in [0, 0.1) is 5.41 Å². The van der Waals surface area contributed by atoms with E-state index in [1.807, 2.05) is 35.1 Å². The van der Waals surface area contributed by atoms with E-state index in [0.717, 1.165) is 35.5 Å². The lowest BCUT2D eigenvalue weighted by Gasteiger charge is -2.35. The van der Waals surface area contributed by atoms with E-state index in [4.69, 9.17) is 4.74 Å². The summed E-state index contributed by atoms with van der Waals surface area (Å²) in [6.07, 6.45) is 7.03. The second kappa shape index (κ2) is 7.23. The monoisotopic (exact) mass is 416 g/mol. The topological polar surface area (TPSA) is 86.3 Å². The van der Waals surface area contributed by atoms with Gasteiger partial charge in [0.15, 0.2) is 11.3 Å². The third-order valence-electron chi connectivity index (χ3n) is 5.77. The third kappa shape index (κ3) is 3.54. The molecule has 0 saturated heterocycles. The minimum Gasteiger partial charge on any atom is -0.497 e. The van der Waals surface area contributed by atoms with Crippen LogP contribution in [0.3, 0.4) is 0 Å². The molecule has 0 bridgehead atoms. The third-order valence-corrected chi connectivity index (χ3v) is 5.77. The molecule has 8 heteroatoms. The second-order valence-corrected chi connectivity index (χ2v) is 8.68. The molecule has 31 heavy (non-hydrogen) atoms. The van der Waals surface area contributed by atoms with E-state index in [9.17, 15) is 4.79 Å². The van der Waals surface area contributed by atoms with Crippen molar-refractivity contribution >= 4 is 11.6 Å². The highest BCUT2D eigenvalue weighted by Crippen LogP contribution is 2.41. The van der Waals surface area contributed by atoms with Crippen molar-refractivity contribution in [2.75, 3.05) is 7.11 Å². The van der Waals surface area contributed by atoms with Crippen LogP contribution in [0.1, 0.15) is 48.1 Å². The van der Waals surface area contributed by atoms with Gasteiger partial charge in [-0.3, -0.25) is 4.79 Å². The van der Waals surface area contributed by atoms with Crippen LogP contribution in [0.15, 0.2) is 55.0 Å². The van der Waals surface area contributed by atoms with Crippen LogP contribution in [-0.4, -0.2) is 37.4 Å². The zero-order chi connectivity index (χ0) is 21.6. The van der Waals surface area contributed by atoms with E-state index in [2.05, 4.69) is 34.3 Å². The van der Waals surface area contributed by atoms with Gasteiger partial charge in [0.2, 0.25) is 0 Å². The van der Waals surface area contributed by atoms with E-state index >= 15 is 0 Å². The maximum atomic E-state index is 13.0. The van der Waals surface area contributed by atoms with Crippen LogP contribution in [0.25, 0.3) is 11.3 Å². The highest BCUT2D eigenvalue weighted by molar-refractivity contribution is 5.93. The predicted octanol–water partition coefficient (Wildman–Crippen LogP) is 3.37. The number of methoxy groups -OCH3 is 1. The van der Waals surface area contributed by atoms with Crippen molar-refractivity contribution in [2.24, 2.45) is 5.41 Å². The van der Waals surface area contributed by atoms with Crippen LogP contribution < -0.4 is 10.1 Å². The molecule has 0 fully saturated rings. The summed E-state index contributed by atoms with van der Waals surface area (Å²) in [5, 5.41) is 12.2. The maximum Gasteiger partial charge on any atom is 0.272 e. The van der Waals surface area contributed by atoms with E-state index in [1.54, 1.807) is 36.2 Å². The Morgan fingerprint density at radius 3 is 2.81 bits per heavy atom. The lowest BCUT2D eigenvalue weighted by molar-refractivity contribution is 0.0914. The lowest BCUT2D eigenvalue weighted by Crippen LogP contribution is -2.37. The van der Waals surface area contributed by atoms with Crippen molar-refractivity contribution in [1.82, 2.24) is 29.7 Å². The Bertz CT molecular complexity index is 1220. The van der Waals surface area contributed by atoms with Gasteiger partial charge in [-0.15, -0.1) is 0 Å². The Kier molecular flexibility index (Phi) is 4.50. The molecule has 1 atom stereocenters. The molecule has 0 saturated carbocycles. The summed E-state index contributed by atoms with van der Waals surface area (Å²) in [5.41, 5.74) is 4.14. The first-order chi connectivity index (χ1) is 14.9. The van der Waals surface area contributed by atoms with Gasteiger partial charge in [-0.05, 0) is 48.6 Å². The van der Waals surface area contributed by atoms with Gasteiger partial charge in [-0.1, -0.05) is 13.8 Å². The maximum absolute atomic E-state index is 13.0. The predicted molar refractivity (Wildman–Crippen MR) is 115 cm³/mol. The number of rotatable bonds is 4. The zero-order valence-electron chi connectivity index (χ0n) is 17.7. The number of fused-ring (bicyclic) bond motifs is 2. The SMILES string of the molecule is COc1ccc(-n2ncc3c2CC(C)(C)C[C@@H]3NC(=O)c2cc3ncccn3n2)cc1. The highest BCUT2D eigenvalue weighted by atomic mass is 16.5. The fourth-order valence-corrected chi connectivity index (χ4v) is 4.29. The summed E-state index contributed by atoms with van der Waals surface area (Å²) in [6, 6.07) is 11.2. The fourth-order valence-electron chi connectivity index (χ4n) is 4.29. The molecule has 3 aromatic heterocycles. The van der Waals surface area contributed by atoms with Gasteiger partial charge in [0, 0.05) is 24.0 Å². The summed E-state index contributed by atoms with van der Waals surface area (Å²) in [7, 11) is 1.65. The number of ether oxygens (including phenoxy) is 1. The number of hydrogen-bond donors (Lipinski definition) is 1. The van der Waals surface area contributed by atoms with E-state index < -0.39 is 0 Å². The summed E-state index contributed by atoms with van der Waals surface area (Å²) in [4.78, 5) is 17.2. The Morgan fingerprint density at radius 1 is 1.26 bits per heavy atom. The van der Waals surface area contributed by atoms with E-state index in [1.165, 1.54) is 0 Å². The molecule has 0 spiro atoms. The molecule has 3 heterocycles. The number of aromatic nitrogens is 5. The summed E-state index contributed by atoms with van der Waals surface area (Å²) in [6.45, 7) is 4.44. The minimum absolute atomic E-state index is 0.00959. The molecule has 8 nitrogen and oxygen atoms in total. The van der Waals surface area contributed by atoms with Crippen molar-refractivity contribution in [3.63, 3.8) is 0 Å². The molecule has 1 N–H and O–H groups in total. The number of nitrogens with zero attached hydrogens (tertiary/aromatic N) is 5. The van der Waals surface area contributed by atoms with Crippen molar-refractivity contribution in [3.05, 3.63) is 71.9 Å². The molecule has 0 unspecified atom stereocenters. The summed E-state index contributed by atoms with van der Waals surface area (Å²) in [5.74, 6) is 0.591. The van der Waals surface area contributed by atoms with Crippen molar-refractivity contribution in [2.45, 2.75) is 32.7 Å². The molecule has 158 valence electrons. The quantitative estimate of drug-likeness (QED) is 0.551. The Labute approximate surface area is 179 Å². The first-order valence-corrected chi connectivity index (χ1v) is 10.3. The smallest absolute Gasteiger partial charge is 0.272 e. The Morgan fingerprint density at radius 2 is 2.06 bits per heavy atom. The van der Waals surface area contributed by atoms with Crippen molar-refractivity contribution in [3.8, 4) is 11.4 Å². The first-order valence-electron chi connectivity index (χ1n) is 10.3. The van der Waals surface area contributed by atoms with Gasteiger partial charge >= 0.3 is 0 Å². The molecule has 4 aromatic rings. The van der Waals surface area contributed by atoms with E-state index in [0.29, 0.717) is 11.3 Å². The van der Waals surface area contributed by atoms with Gasteiger partial charge in [-0.25, -0.2) is 14.2 Å². The molecular weight excluding hydrogens is 392 g/mol. The summed E-state index contributed by atoms with van der Waals surface area (Å²) < 4.78 is 8.83. The van der Waals surface area contributed by atoms with Crippen LogP contribution in [0.2, 0.25) is 0 Å². The van der Waals surface area contributed by atoms with Gasteiger partial charge in [0.1, 0.15) is 5.75 Å². The van der Waals surface area contributed by atoms with Crippen LogP contribution >= 0.6 is 0 Å². The average Bonchev–Trinajstić information content (AvgIpc) is 3.37. The molecular formula is C23H24N6O2. The first kappa shape index (κ1) is 19.3. The summed E-state index contributed by atoms with van der Waals surface area (Å²) >= 11 is 0. The molecule has 1 aliphatic rings. The van der Waals surface area contributed by atoms with Gasteiger partial charge in [0.05, 0.1) is 30.7 Å². The number of hydrogen-bond acceptors (Lipinski definition) is 5. The Balaban J connectivity index is 1.46. The number of carbonyl (C=O) groups excluding carboxylic acids is 1. The standard InChI is InChI=1S/C23H24N6O2/c1-23(2)12-19(26-22(30)18-11-21-24-9-4-10-28(21)27-18)17-14-25-29(20(17)13-23)15-5-7-16(31-3)8-6-15/h4-11,14,19H,12-13H2,1-3H3,(H,26,30)/t19-/m0/s1. The Hall–Kier alpha value is -3.68. The normalized spacial score (nSPS) is 17.3. The number of carbonyl (C=O) groups is 1. The van der Waals surface area contributed by atoms with E-state index in [-0.39, 0.29) is 17.4 Å². The number of benzene rings is 1. The highest BCUT2D eigenvalue weighted by Gasteiger charge is 2.36. The second-order valence-electron chi connectivity index (χ2n) is 8.68. The molecule has 1 amide bonds. The average molecular weight is 416 g/mol. The van der Waals surface area contributed by atoms with Gasteiger partial charge in [0.25, 0.3) is 5.91 Å². The van der Waals surface area contributed by atoms with Crippen molar-refractivity contribution in [1.29, 1.82) is 0 Å². The molecule has 1 aromatic carbocycles. The molecule has 1 aliphatic carbocycles. The molecule has 5 rings (SSSR count). The van der Waals surface area contributed by atoms with Crippen LogP contribution in [0.5, 0.6) is 5.75 Å².